The van der Waals surface area contributed by atoms with E-state index in [0.29, 0.717) is 6.61 Å². The summed E-state index contributed by atoms with van der Waals surface area (Å²) in [7, 11) is 0. The van der Waals surface area contributed by atoms with Crippen LogP contribution in [0.1, 0.15) is 24.8 Å². The van der Waals surface area contributed by atoms with Crippen molar-refractivity contribution in [3.8, 4) is 5.75 Å². The number of ether oxygens (including phenoxy) is 1. The van der Waals surface area contributed by atoms with E-state index < -0.39 is 0 Å². The van der Waals surface area contributed by atoms with Gasteiger partial charge in [0.05, 0.1) is 5.69 Å². The average Bonchev–Trinajstić information content (AvgIpc) is 2.86. The first-order valence-electron chi connectivity index (χ1n) is 6.21. The van der Waals surface area contributed by atoms with Gasteiger partial charge in [-0.25, -0.2) is 0 Å². The van der Waals surface area contributed by atoms with Crippen molar-refractivity contribution in [3.05, 3.63) is 47.9 Å². The van der Waals surface area contributed by atoms with Crippen LogP contribution in [-0.2, 0) is 13.2 Å². The molecule has 0 spiro atoms. The van der Waals surface area contributed by atoms with Crippen molar-refractivity contribution in [2.75, 3.05) is 6.54 Å². The van der Waals surface area contributed by atoms with Gasteiger partial charge in [-0.1, -0.05) is 30.3 Å². The summed E-state index contributed by atoms with van der Waals surface area (Å²) >= 11 is 0. The van der Waals surface area contributed by atoms with Gasteiger partial charge >= 0.3 is 0 Å². The van der Waals surface area contributed by atoms with Gasteiger partial charge in [0.25, 0.3) is 0 Å². The third kappa shape index (κ3) is 3.89. The van der Waals surface area contributed by atoms with E-state index in [2.05, 4.69) is 17.4 Å². The van der Waals surface area contributed by atoms with Gasteiger partial charge in [-0.3, -0.25) is 0 Å². The predicted octanol–water partition coefficient (Wildman–Crippen LogP) is 2.75. The molecule has 2 rings (SSSR count). The fraction of sp³-hybridized carbons (Fsp3) is 0.357. The van der Waals surface area contributed by atoms with Gasteiger partial charge in [0, 0.05) is 12.6 Å². The quantitative estimate of drug-likeness (QED) is 0.763. The molecule has 1 heterocycles. The number of nitrogens with one attached hydrogen (secondary N) is 1. The summed E-state index contributed by atoms with van der Waals surface area (Å²) in [5.41, 5.74) is 0.912. The summed E-state index contributed by atoms with van der Waals surface area (Å²) in [6, 6.07) is 11.6. The number of nitrogens with zero attached hydrogens (tertiary/aromatic N) is 1. The van der Waals surface area contributed by atoms with Gasteiger partial charge in [-0.2, -0.15) is 0 Å². The van der Waals surface area contributed by atoms with Crippen molar-refractivity contribution in [2.24, 2.45) is 0 Å². The van der Waals surface area contributed by atoms with Gasteiger partial charge in [0.2, 0.25) is 0 Å². The van der Waals surface area contributed by atoms with Crippen LogP contribution in [0.2, 0.25) is 0 Å². The van der Waals surface area contributed by atoms with Crippen molar-refractivity contribution in [3.63, 3.8) is 0 Å². The minimum atomic E-state index is 0.408. The van der Waals surface area contributed by atoms with Crippen LogP contribution in [0.5, 0.6) is 5.75 Å². The Kier molecular flexibility index (Phi) is 4.78. The maximum atomic E-state index is 5.58. The second-order valence-electron chi connectivity index (χ2n) is 4.06. The van der Waals surface area contributed by atoms with Crippen molar-refractivity contribution < 1.29 is 9.26 Å². The first-order valence-corrected chi connectivity index (χ1v) is 6.21. The van der Waals surface area contributed by atoms with E-state index >= 15 is 0 Å². The summed E-state index contributed by atoms with van der Waals surface area (Å²) in [4.78, 5) is 0. The minimum absolute atomic E-state index is 0.408. The van der Waals surface area contributed by atoms with Gasteiger partial charge in [-0.05, 0) is 25.1 Å². The molecule has 0 amide bonds. The Balaban J connectivity index is 1.80. The van der Waals surface area contributed by atoms with E-state index in [9.17, 15) is 0 Å². The fourth-order valence-corrected chi connectivity index (χ4v) is 1.57. The van der Waals surface area contributed by atoms with Crippen LogP contribution in [0.15, 0.2) is 40.9 Å². The molecule has 0 saturated carbocycles. The van der Waals surface area contributed by atoms with Crippen LogP contribution in [0.4, 0.5) is 0 Å². The maximum Gasteiger partial charge on any atom is 0.174 e. The molecule has 96 valence electrons. The normalized spacial score (nSPS) is 10.5. The topological polar surface area (TPSA) is 47.3 Å². The lowest BCUT2D eigenvalue weighted by Gasteiger charge is -2.01. The van der Waals surface area contributed by atoms with E-state index in [1.807, 2.05) is 36.4 Å². The smallest absolute Gasteiger partial charge is 0.174 e. The van der Waals surface area contributed by atoms with E-state index in [4.69, 9.17) is 9.26 Å². The molecule has 0 aliphatic rings. The zero-order chi connectivity index (χ0) is 12.6. The Morgan fingerprint density at radius 1 is 1.28 bits per heavy atom. The summed E-state index contributed by atoms with van der Waals surface area (Å²) in [6.45, 7) is 4.27. The monoisotopic (exact) mass is 246 g/mol. The molecule has 0 saturated heterocycles. The molecule has 1 N–H and O–H groups in total. The highest BCUT2D eigenvalue weighted by molar-refractivity contribution is 5.21. The zero-order valence-corrected chi connectivity index (χ0v) is 10.6. The van der Waals surface area contributed by atoms with Crippen LogP contribution in [0.3, 0.4) is 0 Å². The van der Waals surface area contributed by atoms with Crippen LogP contribution in [-0.4, -0.2) is 11.7 Å². The Labute approximate surface area is 107 Å². The second-order valence-corrected chi connectivity index (χ2v) is 4.06. The maximum absolute atomic E-state index is 5.58. The highest BCUT2D eigenvalue weighted by Crippen LogP contribution is 2.12. The molecule has 4 nitrogen and oxygen atoms in total. The van der Waals surface area contributed by atoms with Crippen LogP contribution in [0.25, 0.3) is 0 Å². The lowest BCUT2D eigenvalue weighted by atomic mass is 10.3. The van der Waals surface area contributed by atoms with E-state index in [0.717, 1.165) is 36.7 Å². The van der Waals surface area contributed by atoms with Crippen molar-refractivity contribution in [2.45, 2.75) is 26.5 Å². The standard InChI is InChI=1S/C14H18N2O2/c1-2-8-15-10-12-9-14(18-16-12)11-17-13-6-4-3-5-7-13/h3-7,9,15H,2,8,10-11H2,1H3. The highest BCUT2D eigenvalue weighted by atomic mass is 16.5. The molecule has 0 atom stereocenters. The lowest BCUT2D eigenvalue weighted by Crippen LogP contribution is -2.13. The van der Waals surface area contributed by atoms with Gasteiger partial charge in [-0.15, -0.1) is 0 Å². The molecule has 1 aromatic carbocycles. The molecule has 1 aromatic heterocycles. The Morgan fingerprint density at radius 3 is 2.89 bits per heavy atom. The first kappa shape index (κ1) is 12.6. The van der Waals surface area contributed by atoms with Gasteiger partial charge < -0.3 is 14.6 Å². The summed E-state index contributed by atoms with van der Waals surface area (Å²) in [5, 5.41) is 7.26. The van der Waals surface area contributed by atoms with Gasteiger partial charge in [0.1, 0.15) is 12.4 Å². The molecule has 4 heteroatoms. The van der Waals surface area contributed by atoms with Crippen molar-refractivity contribution in [1.29, 1.82) is 0 Å². The van der Waals surface area contributed by atoms with Crippen molar-refractivity contribution >= 4 is 0 Å². The Morgan fingerprint density at radius 2 is 2.11 bits per heavy atom. The summed E-state index contributed by atoms with van der Waals surface area (Å²) in [6.07, 6.45) is 1.11. The molecule has 0 aliphatic carbocycles. The number of para-hydroxylation sites is 1. The van der Waals surface area contributed by atoms with E-state index in [-0.39, 0.29) is 0 Å². The largest absolute Gasteiger partial charge is 0.486 e. The number of hydrogen-bond donors (Lipinski definition) is 1. The molecule has 0 bridgehead atoms. The second kappa shape index (κ2) is 6.81. The molecule has 0 radical (unpaired) electrons. The highest BCUT2D eigenvalue weighted by Gasteiger charge is 2.04. The van der Waals surface area contributed by atoms with Gasteiger partial charge in [0.15, 0.2) is 5.76 Å². The third-order valence-electron chi connectivity index (χ3n) is 2.46. The SMILES string of the molecule is CCCNCc1cc(COc2ccccc2)on1. The number of benzene rings is 1. The molecular weight excluding hydrogens is 228 g/mol. The molecule has 18 heavy (non-hydrogen) atoms. The molecule has 0 unspecified atom stereocenters. The Bertz CT molecular complexity index is 454. The lowest BCUT2D eigenvalue weighted by molar-refractivity contribution is 0.248. The predicted molar refractivity (Wildman–Crippen MR) is 69.3 cm³/mol. The van der Waals surface area contributed by atoms with Crippen LogP contribution < -0.4 is 10.1 Å². The Hall–Kier alpha value is -1.81. The molecule has 0 aliphatic heterocycles. The number of hydrogen-bond acceptors (Lipinski definition) is 4. The molecular formula is C14H18N2O2. The molecule has 2 aromatic rings. The van der Waals surface area contributed by atoms with E-state index in [1.165, 1.54) is 0 Å². The van der Waals surface area contributed by atoms with Crippen molar-refractivity contribution in [1.82, 2.24) is 10.5 Å². The third-order valence-corrected chi connectivity index (χ3v) is 2.46. The molecule has 0 fully saturated rings. The minimum Gasteiger partial charge on any atom is -0.486 e. The van der Waals surface area contributed by atoms with Crippen LogP contribution >= 0.6 is 0 Å². The summed E-state index contributed by atoms with van der Waals surface area (Å²) < 4.78 is 10.8. The zero-order valence-electron chi connectivity index (χ0n) is 10.6. The van der Waals surface area contributed by atoms with E-state index in [1.54, 1.807) is 0 Å². The number of aromatic nitrogens is 1. The number of rotatable bonds is 7. The average molecular weight is 246 g/mol. The fourth-order valence-electron chi connectivity index (χ4n) is 1.57. The van der Waals surface area contributed by atoms with Crippen LogP contribution in [0, 0.1) is 0 Å². The summed E-state index contributed by atoms with van der Waals surface area (Å²) in [5.74, 6) is 1.58. The first-order chi connectivity index (χ1) is 8.88.